The first-order chi connectivity index (χ1) is 3.18. The molecule has 0 saturated heterocycles. The quantitative estimate of drug-likeness (QED) is 0.616. The molecule has 0 bridgehead atoms. The zero-order valence-corrected chi connectivity index (χ0v) is 7.51. The van der Waals surface area contributed by atoms with Gasteiger partial charge < -0.3 is 0 Å². The number of nitrogens with two attached hydrogens (primary N) is 1. The van der Waals surface area contributed by atoms with E-state index >= 15 is 0 Å². The molecule has 7 heavy (non-hydrogen) atoms. The molecule has 3 nitrogen and oxygen atoms in total. The van der Waals surface area contributed by atoms with Crippen molar-refractivity contribution in [3.8, 4) is 0 Å². The second kappa shape index (κ2) is 3.21. The van der Waals surface area contributed by atoms with E-state index in [1.807, 2.05) is 0 Å². The topological polar surface area (TPSA) is 63.3 Å². The van der Waals surface area contributed by atoms with E-state index in [-0.39, 0.29) is 0 Å². The Hall–Kier alpha value is 0.170. The van der Waals surface area contributed by atoms with E-state index in [9.17, 15) is 4.79 Å². The molecule has 5 heteroatoms. The first-order valence-electron chi connectivity index (χ1n) is 1.42. The summed E-state index contributed by atoms with van der Waals surface area (Å²) >= 11 is 1.24. The van der Waals surface area contributed by atoms with Crippen LogP contribution in [0.3, 0.4) is 0 Å². The van der Waals surface area contributed by atoms with Gasteiger partial charge in [0.25, 0.3) is 0 Å². The summed E-state index contributed by atoms with van der Waals surface area (Å²) < 4.78 is 0. The van der Waals surface area contributed by atoms with Gasteiger partial charge in [0.05, 0.1) is 0 Å². The average Bonchev–Trinajstić information content (AvgIpc) is 1.65. The third-order valence-electron chi connectivity index (χ3n) is 0.336. The molecule has 3 N–H and O–H groups in total. The maximum atomic E-state index is 9.85. The van der Waals surface area contributed by atoms with Crippen molar-refractivity contribution in [2.24, 2.45) is 5.06 Å². The molecule has 0 fully saturated rings. The first-order valence-corrected chi connectivity index (χ1v) is 7.67. The third kappa shape index (κ3) is 2.82. The number of rotatable bonds is 2. The Morgan fingerprint density at radius 2 is 2.43 bits per heavy atom. The third-order valence-corrected chi connectivity index (χ3v) is 5.54. The van der Waals surface area contributed by atoms with Crippen molar-refractivity contribution in [2.75, 3.05) is 4.99 Å². The van der Waals surface area contributed by atoms with Crippen LogP contribution in [-0.4, -0.2) is 15.3 Å². The van der Waals surface area contributed by atoms with Crippen LogP contribution in [0.2, 0.25) is 0 Å². The zero-order chi connectivity index (χ0) is 5.86. The van der Waals surface area contributed by atoms with Crippen molar-refractivity contribution in [2.45, 2.75) is 0 Å². The number of hydrogen-bond acceptors (Lipinski definition) is 3. The van der Waals surface area contributed by atoms with Gasteiger partial charge in [0.2, 0.25) is 0 Å². The molecule has 0 amide bonds. The van der Waals surface area contributed by atoms with Crippen molar-refractivity contribution in [1.82, 2.24) is 0 Å². The molecule has 0 heterocycles. The molecule has 0 aromatic carbocycles. The Balaban J connectivity index is 3.34. The summed E-state index contributed by atoms with van der Waals surface area (Å²) in [5.74, 6) is 0. The molecule has 0 radical (unpaired) electrons. The van der Waals surface area contributed by atoms with E-state index in [4.69, 9.17) is 10.2 Å². The van der Waals surface area contributed by atoms with Crippen LogP contribution in [0.5, 0.6) is 0 Å². The number of carboxylic acid groups (broad SMARTS) is 1. The van der Waals surface area contributed by atoms with Crippen LogP contribution in [0.25, 0.3) is 0 Å². The van der Waals surface area contributed by atoms with E-state index in [2.05, 4.69) is 12.6 Å². The van der Waals surface area contributed by atoms with Gasteiger partial charge in [-0.2, -0.15) is 0 Å². The molecule has 0 atom stereocenters. The summed E-state index contributed by atoms with van der Waals surface area (Å²) in [6.07, 6.45) is 0. The number of carbonyl (C=O) groups is 1. The molecule has 0 aliphatic carbocycles. The Labute approximate surface area is 50.1 Å². The van der Waals surface area contributed by atoms with Gasteiger partial charge in [-0.15, -0.1) is 0 Å². The van der Waals surface area contributed by atoms with Crippen LogP contribution in [0, 0.1) is 11.7 Å². The SMILES string of the molecule is [NH2][Am]([CH2]S)[C](=O)O. The van der Waals surface area contributed by atoms with Crippen LogP contribution in [0.1, 0.15) is 0 Å². The Morgan fingerprint density at radius 3 is 2.43 bits per heavy atom. The predicted molar refractivity (Wildman–Crippen MR) is 26.1 cm³/mol. The summed E-state index contributed by atoms with van der Waals surface area (Å²) in [6, 6.07) is 0. The molecular formula is C2H6AmNO2S. The summed E-state index contributed by atoms with van der Waals surface area (Å²) in [5.41, 5.74) is 0. The summed E-state index contributed by atoms with van der Waals surface area (Å²) in [4.78, 5) is 10.2. The van der Waals surface area contributed by atoms with E-state index < -0.39 is 17.0 Å². The molecule has 0 aromatic rings. The fourth-order valence-corrected chi connectivity index (χ4v) is 1.43. The minimum absolute atomic E-state index is 0.392. The molecular weight excluding hydrogens is 345 g/mol. The molecule has 0 rings (SSSR count). The number of hydrogen-bond donors (Lipinski definition) is 3. The van der Waals surface area contributed by atoms with Crippen molar-refractivity contribution in [1.29, 1.82) is 0 Å². The Morgan fingerprint density at radius 1 is 2.00 bits per heavy atom. The van der Waals surface area contributed by atoms with Gasteiger partial charge in [0.15, 0.2) is 0 Å². The van der Waals surface area contributed by atoms with Crippen LogP contribution in [0.15, 0.2) is 0 Å². The fourth-order valence-electron chi connectivity index (χ4n) is 0.0511. The van der Waals surface area contributed by atoms with Gasteiger partial charge in [-0.05, 0) is 0 Å². The zero-order valence-electron chi connectivity index (χ0n) is 3.47. The second-order valence-electron chi connectivity index (χ2n) is 0.770. The van der Waals surface area contributed by atoms with Crippen LogP contribution < -0.4 is 5.06 Å². The normalized spacial score (nSPS) is 8.29. The molecule has 0 aliphatic rings. The van der Waals surface area contributed by atoms with E-state index in [0.717, 1.165) is 0 Å². The monoisotopic (exact) mass is 349 g/mol. The van der Waals surface area contributed by atoms with Gasteiger partial charge >= 0.3 is 49.5 Å². The Kier molecular flexibility index (Phi) is 3.29. The fraction of sp³-hybridized carbons (Fsp3) is 0.500. The predicted octanol–water partition coefficient (Wildman–Crippen LogP) is 0.0461. The van der Waals surface area contributed by atoms with Gasteiger partial charge in [-0.3, -0.25) is 0 Å². The van der Waals surface area contributed by atoms with Gasteiger partial charge in [-0.1, -0.05) is 0 Å². The summed E-state index contributed by atoms with van der Waals surface area (Å²) in [7, 11) is 0. The molecule has 0 saturated carbocycles. The van der Waals surface area contributed by atoms with Crippen molar-refractivity contribution in [3.05, 3.63) is 0 Å². The van der Waals surface area contributed by atoms with Crippen molar-refractivity contribution < 1.29 is 21.6 Å². The molecule has 44 valence electrons. The van der Waals surface area contributed by atoms with Crippen molar-refractivity contribution in [3.63, 3.8) is 0 Å². The van der Waals surface area contributed by atoms with Crippen LogP contribution in [0.4, 0.5) is 4.79 Å². The second-order valence-corrected chi connectivity index (χ2v) is 8.65. The van der Waals surface area contributed by atoms with E-state index in [1.54, 1.807) is 0 Å². The standard InChI is InChI=1S/CHO2.CH3S.Am.H2N/c2-1-3;1-2;;/h(H,2,3);2H,1H2;;1H2/q;;+1;-1. The number of thiol groups is 1. The first kappa shape index (κ1) is 7.17. The average molecular weight is 351 g/mol. The van der Waals surface area contributed by atoms with Gasteiger partial charge in [0, 0.05) is 0 Å². The van der Waals surface area contributed by atoms with Crippen LogP contribution >= 0.6 is 12.6 Å². The maximum absolute atomic E-state index is 9.85. The molecule has 0 aliphatic heterocycles. The van der Waals surface area contributed by atoms with E-state index in [1.165, 1.54) is 0 Å². The van der Waals surface area contributed by atoms with E-state index in [0.29, 0.717) is 4.99 Å². The summed E-state index contributed by atoms with van der Waals surface area (Å²) in [5, 5.41) is 12.4. The molecule has 0 unspecified atom stereocenters. The van der Waals surface area contributed by atoms with Gasteiger partial charge in [0.1, 0.15) is 0 Å². The van der Waals surface area contributed by atoms with Crippen molar-refractivity contribution >= 4 is 17.8 Å². The van der Waals surface area contributed by atoms with Gasteiger partial charge in [-0.25, -0.2) is 0 Å². The molecule has 0 spiro atoms. The minimum atomic E-state index is -2.50. The summed E-state index contributed by atoms with van der Waals surface area (Å²) in [6.45, 7) is 0. The Bertz CT molecular complexity index is 78.1. The van der Waals surface area contributed by atoms with Crippen LogP contribution in [-0.2, 0) is 0 Å². The molecule has 0 aromatic heterocycles.